The molecule has 0 atom stereocenters. The maximum Gasteiger partial charge on any atom is 0.268 e. The van der Waals surface area contributed by atoms with E-state index in [1.807, 2.05) is 42.5 Å². The molecule has 2 heterocycles. The van der Waals surface area contributed by atoms with Crippen LogP contribution in [0.15, 0.2) is 108 Å². The molecule has 1 amide bonds. The Bertz CT molecular complexity index is 1610. The molecule has 3 aromatic carbocycles. The van der Waals surface area contributed by atoms with E-state index in [1.165, 1.54) is 46.6 Å². The summed E-state index contributed by atoms with van der Waals surface area (Å²) in [5.74, 6) is -0.973. The standard InChI is InChI=1S/C27H20FN3O3S/c28-26-15-10-19(16-29-26)17-30-27(32)21-11-13-22(14-12-21)35(33,34)31-18-24(20-6-2-1-3-7-20)23-8-4-5-9-25(23)31/h1-16,18H,17H2,(H,30,32). The van der Waals surface area contributed by atoms with Crippen LogP contribution in [0.1, 0.15) is 15.9 Å². The number of hydrogen-bond donors (Lipinski definition) is 1. The molecule has 174 valence electrons. The van der Waals surface area contributed by atoms with E-state index in [9.17, 15) is 17.6 Å². The summed E-state index contributed by atoms with van der Waals surface area (Å²) >= 11 is 0. The van der Waals surface area contributed by atoms with Crippen LogP contribution >= 0.6 is 0 Å². The highest BCUT2D eigenvalue weighted by atomic mass is 32.2. The van der Waals surface area contributed by atoms with Crippen LogP contribution < -0.4 is 5.32 Å². The number of carbonyl (C=O) groups excluding carboxylic acids is 1. The SMILES string of the molecule is O=C(NCc1ccc(F)nc1)c1ccc(S(=O)(=O)n2cc(-c3ccccc3)c3ccccc32)cc1. The lowest BCUT2D eigenvalue weighted by molar-refractivity contribution is 0.0950. The number of nitrogens with one attached hydrogen (secondary N) is 1. The van der Waals surface area contributed by atoms with Crippen LogP contribution in [-0.4, -0.2) is 23.3 Å². The third-order valence-electron chi connectivity index (χ3n) is 5.68. The van der Waals surface area contributed by atoms with Crippen LogP contribution in [0, 0.1) is 5.95 Å². The summed E-state index contributed by atoms with van der Waals surface area (Å²) in [4.78, 5) is 16.1. The van der Waals surface area contributed by atoms with Crippen LogP contribution in [0.25, 0.3) is 22.0 Å². The predicted molar refractivity (Wildman–Crippen MR) is 132 cm³/mol. The number of carbonyl (C=O) groups is 1. The van der Waals surface area contributed by atoms with E-state index >= 15 is 0 Å². The van der Waals surface area contributed by atoms with Gasteiger partial charge in [-0.2, -0.15) is 4.39 Å². The average Bonchev–Trinajstić information content (AvgIpc) is 3.29. The molecule has 0 bridgehead atoms. The molecule has 0 aliphatic rings. The van der Waals surface area contributed by atoms with Crippen LogP contribution in [-0.2, 0) is 16.6 Å². The van der Waals surface area contributed by atoms with E-state index in [-0.39, 0.29) is 17.3 Å². The van der Waals surface area contributed by atoms with E-state index in [4.69, 9.17) is 0 Å². The molecule has 6 nitrogen and oxygen atoms in total. The van der Waals surface area contributed by atoms with Gasteiger partial charge in [-0.15, -0.1) is 0 Å². The fourth-order valence-corrected chi connectivity index (χ4v) is 5.25. The number of pyridine rings is 1. The second-order valence-corrected chi connectivity index (χ2v) is 9.74. The Labute approximate surface area is 201 Å². The first-order valence-electron chi connectivity index (χ1n) is 10.8. The van der Waals surface area contributed by atoms with Crippen LogP contribution in [0.3, 0.4) is 0 Å². The molecule has 0 spiro atoms. The highest BCUT2D eigenvalue weighted by molar-refractivity contribution is 7.90. The minimum Gasteiger partial charge on any atom is -0.348 e. The first-order valence-corrected chi connectivity index (χ1v) is 12.3. The number of nitrogens with zero attached hydrogens (tertiary/aromatic N) is 2. The van der Waals surface area contributed by atoms with Gasteiger partial charge in [0, 0.05) is 35.5 Å². The minimum absolute atomic E-state index is 0.0668. The van der Waals surface area contributed by atoms with Gasteiger partial charge in [-0.25, -0.2) is 17.4 Å². The van der Waals surface area contributed by atoms with Crippen LogP contribution in [0.5, 0.6) is 0 Å². The van der Waals surface area contributed by atoms with E-state index < -0.39 is 16.0 Å². The largest absolute Gasteiger partial charge is 0.348 e. The van der Waals surface area contributed by atoms with Crippen molar-refractivity contribution in [2.45, 2.75) is 11.4 Å². The fraction of sp³-hybridized carbons (Fsp3) is 0.0370. The molecule has 0 saturated heterocycles. The minimum atomic E-state index is -3.91. The predicted octanol–water partition coefficient (Wildman–Crippen LogP) is 5.01. The Morgan fingerprint density at radius 3 is 2.31 bits per heavy atom. The summed E-state index contributed by atoms with van der Waals surface area (Å²) in [5.41, 5.74) is 3.26. The summed E-state index contributed by atoms with van der Waals surface area (Å²) in [6, 6.07) is 25.5. The lowest BCUT2D eigenvalue weighted by Gasteiger charge is -2.09. The normalized spacial score (nSPS) is 11.5. The first-order chi connectivity index (χ1) is 16.9. The van der Waals surface area contributed by atoms with Crippen molar-refractivity contribution in [3.63, 3.8) is 0 Å². The summed E-state index contributed by atoms with van der Waals surface area (Å²) in [7, 11) is -3.91. The number of fused-ring (bicyclic) bond motifs is 1. The molecule has 5 aromatic rings. The topological polar surface area (TPSA) is 81.1 Å². The summed E-state index contributed by atoms with van der Waals surface area (Å²) < 4.78 is 41.3. The Hall–Kier alpha value is -4.30. The van der Waals surface area contributed by atoms with Crippen molar-refractivity contribution < 1.29 is 17.6 Å². The van der Waals surface area contributed by atoms with Gasteiger partial charge in [0.25, 0.3) is 15.9 Å². The van der Waals surface area contributed by atoms with Gasteiger partial charge in [0.15, 0.2) is 0 Å². The molecule has 0 fully saturated rings. The molecule has 0 radical (unpaired) electrons. The Balaban J connectivity index is 1.42. The number of rotatable bonds is 6. The van der Waals surface area contributed by atoms with Gasteiger partial charge in [-0.1, -0.05) is 54.6 Å². The van der Waals surface area contributed by atoms with Gasteiger partial charge in [-0.05, 0) is 47.5 Å². The Kier molecular flexibility index (Phi) is 5.88. The van der Waals surface area contributed by atoms with Crippen molar-refractivity contribution in [2.75, 3.05) is 0 Å². The van der Waals surface area contributed by atoms with Gasteiger partial charge >= 0.3 is 0 Å². The maximum absolute atomic E-state index is 13.5. The van der Waals surface area contributed by atoms with Gasteiger partial charge in [0.1, 0.15) is 0 Å². The van der Waals surface area contributed by atoms with Gasteiger partial charge in [0.2, 0.25) is 5.95 Å². The number of amides is 1. The second kappa shape index (κ2) is 9.15. The molecule has 35 heavy (non-hydrogen) atoms. The van der Waals surface area contributed by atoms with Gasteiger partial charge in [0.05, 0.1) is 10.4 Å². The maximum atomic E-state index is 13.5. The molecule has 0 aliphatic heterocycles. The number of halogens is 1. The fourth-order valence-electron chi connectivity index (χ4n) is 3.88. The number of hydrogen-bond acceptors (Lipinski definition) is 4. The lowest BCUT2D eigenvalue weighted by Crippen LogP contribution is -2.23. The van der Waals surface area contributed by atoms with Gasteiger partial charge < -0.3 is 5.32 Å². The van der Waals surface area contributed by atoms with Crippen LogP contribution in [0.2, 0.25) is 0 Å². The summed E-state index contributed by atoms with van der Waals surface area (Å²) in [5, 5.41) is 3.54. The zero-order valence-corrected chi connectivity index (χ0v) is 19.2. The van der Waals surface area contributed by atoms with Crippen molar-refractivity contribution in [3.05, 3.63) is 120 Å². The molecule has 0 unspecified atom stereocenters. The van der Waals surface area contributed by atoms with Crippen molar-refractivity contribution in [1.29, 1.82) is 0 Å². The third kappa shape index (κ3) is 4.43. The van der Waals surface area contributed by atoms with E-state index in [1.54, 1.807) is 18.3 Å². The quantitative estimate of drug-likeness (QED) is 0.343. The lowest BCUT2D eigenvalue weighted by atomic mass is 10.1. The average molecular weight is 486 g/mol. The molecule has 2 aromatic heterocycles. The molecule has 5 rings (SSSR count). The monoisotopic (exact) mass is 485 g/mol. The van der Waals surface area contributed by atoms with Crippen molar-refractivity contribution in [1.82, 2.24) is 14.3 Å². The van der Waals surface area contributed by atoms with Crippen molar-refractivity contribution in [2.24, 2.45) is 0 Å². The van der Waals surface area contributed by atoms with Gasteiger partial charge in [-0.3, -0.25) is 4.79 Å². The van der Waals surface area contributed by atoms with Crippen LogP contribution in [0.4, 0.5) is 4.39 Å². The molecular weight excluding hydrogens is 465 g/mol. The second-order valence-electron chi connectivity index (χ2n) is 7.92. The smallest absolute Gasteiger partial charge is 0.268 e. The highest BCUT2D eigenvalue weighted by Crippen LogP contribution is 2.32. The van der Waals surface area contributed by atoms with Crippen molar-refractivity contribution >= 4 is 26.8 Å². The highest BCUT2D eigenvalue weighted by Gasteiger charge is 2.22. The molecule has 0 aliphatic carbocycles. The number of aromatic nitrogens is 2. The third-order valence-corrected chi connectivity index (χ3v) is 7.37. The van der Waals surface area contributed by atoms with E-state index in [2.05, 4.69) is 10.3 Å². The zero-order chi connectivity index (χ0) is 24.4. The number of benzene rings is 3. The van der Waals surface area contributed by atoms with E-state index in [0.717, 1.165) is 16.5 Å². The molecular formula is C27H20FN3O3S. The van der Waals surface area contributed by atoms with E-state index in [0.29, 0.717) is 16.6 Å². The summed E-state index contributed by atoms with van der Waals surface area (Å²) in [6.07, 6.45) is 2.98. The number of para-hydroxylation sites is 1. The Morgan fingerprint density at radius 2 is 1.60 bits per heavy atom. The molecule has 1 N–H and O–H groups in total. The molecule has 8 heteroatoms. The summed E-state index contributed by atoms with van der Waals surface area (Å²) in [6.45, 7) is 0.170. The zero-order valence-electron chi connectivity index (χ0n) is 18.4. The van der Waals surface area contributed by atoms with Crippen molar-refractivity contribution in [3.8, 4) is 11.1 Å². The Morgan fingerprint density at radius 1 is 0.886 bits per heavy atom. The first kappa shape index (κ1) is 22.5. The molecule has 0 saturated carbocycles.